The van der Waals surface area contributed by atoms with Crippen LogP contribution < -0.4 is 0 Å². The van der Waals surface area contributed by atoms with Crippen molar-refractivity contribution in [3.8, 4) is 0 Å². The van der Waals surface area contributed by atoms with Crippen LogP contribution in [0.25, 0.3) is 0 Å². The van der Waals surface area contributed by atoms with Crippen molar-refractivity contribution >= 4 is 29.5 Å². The third-order valence-electron chi connectivity index (χ3n) is 3.24. The van der Waals surface area contributed by atoms with E-state index in [0.29, 0.717) is 6.42 Å². The Morgan fingerprint density at radius 3 is 1.77 bits per heavy atom. The lowest BCUT2D eigenvalue weighted by atomic mass is 10.2. The molecule has 2 rings (SSSR count). The van der Waals surface area contributed by atoms with E-state index in [9.17, 15) is 9.90 Å². The number of aliphatic carboxylic acids is 1. The van der Waals surface area contributed by atoms with E-state index in [4.69, 9.17) is 0 Å². The number of carboxylic acid groups (broad SMARTS) is 1. The van der Waals surface area contributed by atoms with Gasteiger partial charge in [0, 0.05) is 9.79 Å². The van der Waals surface area contributed by atoms with Gasteiger partial charge >= 0.3 is 5.97 Å². The second kappa shape index (κ2) is 8.30. The summed E-state index contributed by atoms with van der Waals surface area (Å²) < 4.78 is -0.890. The maximum atomic E-state index is 12.1. The Hall–Kier alpha value is -1.39. The maximum Gasteiger partial charge on any atom is 0.330 e. The van der Waals surface area contributed by atoms with Crippen molar-refractivity contribution in [2.24, 2.45) is 0 Å². The Morgan fingerprint density at radius 1 is 0.955 bits per heavy atom. The Morgan fingerprint density at radius 2 is 1.41 bits per heavy atom. The lowest BCUT2D eigenvalue weighted by molar-refractivity contribution is -0.137. The molecule has 0 saturated heterocycles. The topological polar surface area (TPSA) is 37.3 Å². The Kier molecular flexibility index (Phi) is 6.40. The van der Waals surface area contributed by atoms with E-state index < -0.39 is 10.0 Å². The number of thioether (sulfide) groups is 2. The van der Waals surface area contributed by atoms with Crippen LogP contribution in [0.3, 0.4) is 0 Å². The Balaban J connectivity index is 2.30. The summed E-state index contributed by atoms with van der Waals surface area (Å²) in [7, 11) is 0. The summed E-state index contributed by atoms with van der Waals surface area (Å²) in [6.45, 7) is 2.09. The first-order valence-electron chi connectivity index (χ1n) is 7.38. The van der Waals surface area contributed by atoms with Gasteiger partial charge in [0.15, 0.2) is 4.08 Å². The fourth-order valence-electron chi connectivity index (χ4n) is 2.08. The molecule has 0 saturated carbocycles. The van der Waals surface area contributed by atoms with Crippen LogP contribution in [0.15, 0.2) is 70.5 Å². The SMILES string of the molecule is CCCCC(Sc1ccccc1)(Sc1ccccc1)C(=O)O. The minimum atomic E-state index is -0.890. The van der Waals surface area contributed by atoms with E-state index in [2.05, 4.69) is 6.92 Å². The highest BCUT2D eigenvalue weighted by atomic mass is 32.2. The molecule has 0 aliphatic carbocycles. The average molecular weight is 332 g/mol. The molecule has 0 fully saturated rings. The van der Waals surface area contributed by atoms with Crippen LogP contribution in [0.2, 0.25) is 0 Å². The van der Waals surface area contributed by atoms with Crippen LogP contribution in [0.4, 0.5) is 0 Å². The molecule has 0 heterocycles. The van der Waals surface area contributed by atoms with E-state index in [1.165, 1.54) is 23.5 Å². The fourth-order valence-corrected chi connectivity index (χ4v) is 4.84. The zero-order valence-electron chi connectivity index (χ0n) is 12.6. The smallest absolute Gasteiger partial charge is 0.330 e. The highest BCUT2D eigenvalue weighted by molar-refractivity contribution is 8.19. The zero-order valence-corrected chi connectivity index (χ0v) is 14.2. The summed E-state index contributed by atoms with van der Waals surface area (Å²) in [6, 6.07) is 19.6. The number of hydrogen-bond donors (Lipinski definition) is 1. The van der Waals surface area contributed by atoms with Gasteiger partial charge in [-0.05, 0) is 30.7 Å². The largest absolute Gasteiger partial charge is 0.480 e. The summed E-state index contributed by atoms with van der Waals surface area (Å²) in [4.78, 5) is 14.1. The molecule has 0 aromatic heterocycles. The minimum Gasteiger partial charge on any atom is -0.480 e. The molecule has 0 unspecified atom stereocenters. The van der Waals surface area contributed by atoms with Gasteiger partial charge in [0.05, 0.1) is 0 Å². The summed E-state index contributed by atoms with van der Waals surface area (Å²) in [5.41, 5.74) is 0. The summed E-state index contributed by atoms with van der Waals surface area (Å²) in [5, 5.41) is 9.93. The van der Waals surface area contributed by atoms with Crippen LogP contribution in [-0.4, -0.2) is 15.2 Å². The monoisotopic (exact) mass is 332 g/mol. The minimum absolute atomic E-state index is 0.637. The van der Waals surface area contributed by atoms with Crippen molar-refractivity contribution in [1.82, 2.24) is 0 Å². The predicted molar refractivity (Wildman–Crippen MR) is 94.5 cm³/mol. The van der Waals surface area contributed by atoms with Gasteiger partial charge in [0.25, 0.3) is 0 Å². The number of hydrogen-bond acceptors (Lipinski definition) is 3. The van der Waals surface area contributed by atoms with Crippen molar-refractivity contribution < 1.29 is 9.90 Å². The first kappa shape index (κ1) is 17.0. The van der Waals surface area contributed by atoms with E-state index in [1.807, 2.05) is 60.7 Å². The molecule has 4 heteroatoms. The van der Waals surface area contributed by atoms with E-state index in [0.717, 1.165) is 22.6 Å². The number of benzene rings is 2. The molecule has 2 nitrogen and oxygen atoms in total. The molecule has 0 bridgehead atoms. The van der Waals surface area contributed by atoms with Gasteiger partial charge in [-0.15, -0.1) is 0 Å². The number of rotatable bonds is 8. The second-order valence-electron chi connectivity index (χ2n) is 4.99. The van der Waals surface area contributed by atoms with Crippen molar-refractivity contribution in [2.75, 3.05) is 0 Å². The number of unbranched alkanes of at least 4 members (excludes halogenated alkanes) is 1. The van der Waals surface area contributed by atoms with Crippen LogP contribution >= 0.6 is 23.5 Å². The first-order valence-corrected chi connectivity index (χ1v) is 9.01. The standard InChI is InChI=1S/C18H20O2S2/c1-2-3-14-18(17(19)20,21-15-10-6-4-7-11-15)22-16-12-8-5-9-13-16/h4-13H,2-3,14H2,1H3,(H,19,20). The molecule has 1 N–H and O–H groups in total. The maximum absolute atomic E-state index is 12.1. The summed E-state index contributed by atoms with van der Waals surface area (Å²) >= 11 is 2.88. The molecular weight excluding hydrogens is 312 g/mol. The van der Waals surface area contributed by atoms with Gasteiger partial charge in [-0.2, -0.15) is 0 Å². The van der Waals surface area contributed by atoms with E-state index in [-0.39, 0.29) is 0 Å². The van der Waals surface area contributed by atoms with Crippen LogP contribution in [0.5, 0.6) is 0 Å². The van der Waals surface area contributed by atoms with Gasteiger partial charge < -0.3 is 5.11 Å². The molecule has 0 radical (unpaired) electrons. The van der Waals surface area contributed by atoms with Gasteiger partial charge in [0.1, 0.15) is 0 Å². The quantitative estimate of drug-likeness (QED) is 0.508. The normalized spacial score (nSPS) is 11.3. The van der Waals surface area contributed by atoms with Gasteiger partial charge in [-0.1, -0.05) is 79.7 Å². The van der Waals surface area contributed by atoms with Crippen molar-refractivity contribution in [3.05, 3.63) is 60.7 Å². The zero-order chi connectivity index (χ0) is 15.8. The van der Waals surface area contributed by atoms with Gasteiger partial charge in [0.2, 0.25) is 0 Å². The fraction of sp³-hybridized carbons (Fsp3) is 0.278. The average Bonchev–Trinajstić information content (AvgIpc) is 2.54. The first-order chi connectivity index (χ1) is 10.7. The molecule has 0 aliphatic heterocycles. The van der Waals surface area contributed by atoms with Gasteiger partial charge in [-0.25, -0.2) is 4.79 Å². The third-order valence-corrected chi connectivity index (χ3v) is 6.17. The van der Waals surface area contributed by atoms with Gasteiger partial charge in [-0.3, -0.25) is 0 Å². The lowest BCUT2D eigenvalue weighted by Crippen LogP contribution is -2.31. The van der Waals surface area contributed by atoms with Crippen molar-refractivity contribution in [1.29, 1.82) is 0 Å². The molecule has 0 aliphatic rings. The summed E-state index contributed by atoms with van der Waals surface area (Å²) in [6.07, 6.45) is 2.52. The predicted octanol–water partition coefficient (Wildman–Crippen LogP) is 5.54. The molecular formula is C18H20O2S2. The molecule has 0 spiro atoms. The van der Waals surface area contributed by atoms with Crippen LogP contribution in [0.1, 0.15) is 26.2 Å². The number of carboxylic acids is 1. The molecule has 2 aromatic rings. The van der Waals surface area contributed by atoms with E-state index in [1.54, 1.807) is 0 Å². The third kappa shape index (κ3) is 4.55. The van der Waals surface area contributed by atoms with Crippen molar-refractivity contribution in [3.63, 3.8) is 0 Å². The number of carbonyl (C=O) groups is 1. The highest BCUT2D eigenvalue weighted by Crippen LogP contribution is 2.49. The molecule has 22 heavy (non-hydrogen) atoms. The highest BCUT2D eigenvalue weighted by Gasteiger charge is 2.40. The van der Waals surface area contributed by atoms with Crippen LogP contribution in [0, 0.1) is 0 Å². The lowest BCUT2D eigenvalue weighted by Gasteiger charge is -2.28. The summed E-state index contributed by atoms with van der Waals surface area (Å²) in [5.74, 6) is -0.761. The molecule has 116 valence electrons. The second-order valence-corrected chi connectivity index (χ2v) is 8.00. The Bertz CT molecular complexity index is 543. The molecule has 0 amide bonds. The van der Waals surface area contributed by atoms with Crippen LogP contribution in [-0.2, 0) is 4.79 Å². The molecule has 0 atom stereocenters. The van der Waals surface area contributed by atoms with E-state index >= 15 is 0 Å². The van der Waals surface area contributed by atoms with Crippen molar-refractivity contribution in [2.45, 2.75) is 40.1 Å². The Labute approximate surface area is 140 Å². The molecule has 2 aromatic carbocycles.